The molecular formula is C22H36N2O13. The van der Waals surface area contributed by atoms with Crippen LogP contribution < -0.4 is 5.32 Å². The molecule has 15 heteroatoms. The summed E-state index contributed by atoms with van der Waals surface area (Å²) in [6.07, 6.45) is -12.0. The molecule has 15 nitrogen and oxygen atoms in total. The van der Waals surface area contributed by atoms with Crippen molar-refractivity contribution in [2.75, 3.05) is 13.2 Å². The molecule has 2 unspecified atom stereocenters. The van der Waals surface area contributed by atoms with Crippen LogP contribution in [0.25, 0.3) is 0 Å². The topological polar surface area (TPSA) is 233 Å². The summed E-state index contributed by atoms with van der Waals surface area (Å²) in [5.74, 6) is -3.75. The number of aliphatic hydroxyl groups excluding tert-OH is 5. The molecule has 0 aromatic heterocycles. The van der Waals surface area contributed by atoms with Crippen LogP contribution in [0, 0.1) is 0 Å². The van der Waals surface area contributed by atoms with Gasteiger partial charge in [-0.1, -0.05) is 0 Å². The van der Waals surface area contributed by atoms with Crippen molar-refractivity contribution in [3.05, 3.63) is 0 Å². The third-order valence-corrected chi connectivity index (χ3v) is 6.27. The van der Waals surface area contributed by atoms with Crippen LogP contribution in [0.4, 0.5) is 0 Å². The van der Waals surface area contributed by atoms with Crippen LogP contribution in [0.3, 0.4) is 0 Å². The number of esters is 1. The highest BCUT2D eigenvalue weighted by Gasteiger charge is 2.48. The predicted octanol–water partition coefficient (Wildman–Crippen LogP) is -3.55. The van der Waals surface area contributed by atoms with E-state index in [2.05, 4.69) is 5.32 Å². The number of carboxylic acid groups (broad SMARTS) is 1. The molecule has 37 heavy (non-hydrogen) atoms. The lowest BCUT2D eigenvalue weighted by Gasteiger charge is -2.40. The highest BCUT2D eigenvalue weighted by atomic mass is 16.7. The zero-order chi connectivity index (χ0) is 28.0. The molecule has 0 radical (unpaired) electrons. The number of aliphatic carboxylic acids is 1. The largest absolute Gasteiger partial charge is 0.481 e. The molecule has 2 aliphatic heterocycles. The Bertz CT molecular complexity index is 826. The predicted molar refractivity (Wildman–Crippen MR) is 120 cm³/mol. The number of carbonyl (C=O) groups is 4. The van der Waals surface area contributed by atoms with E-state index in [-0.39, 0.29) is 32.4 Å². The molecule has 2 heterocycles. The van der Waals surface area contributed by atoms with Crippen molar-refractivity contribution in [2.45, 2.75) is 101 Å². The Kier molecular flexibility index (Phi) is 11.2. The van der Waals surface area contributed by atoms with E-state index in [9.17, 15) is 44.7 Å². The van der Waals surface area contributed by atoms with Crippen molar-refractivity contribution in [3.8, 4) is 0 Å². The lowest BCUT2D eigenvalue weighted by molar-refractivity contribution is -0.304. The highest BCUT2D eigenvalue weighted by molar-refractivity contribution is 5.92. The normalized spacial score (nSPS) is 33.5. The van der Waals surface area contributed by atoms with E-state index in [1.165, 1.54) is 20.8 Å². The van der Waals surface area contributed by atoms with E-state index in [1.54, 1.807) is 0 Å². The molecule has 0 bridgehead atoms. The molecule has 2 aliphatic rings. The van der Waals surface area contributed by atoms with Crippen LogP contribution in [-0.4, -0.2) is 134 Å². The van der Waals surface area contributed by atoms with Crippen molar-refractivity contribution in [3.63, 3.8) is 0 Å². The van der Waals surface area contributed by atoms with E-state index in [0.29, 0.717) is 0 Å². The summed E-state index contributed by atoms with van der Waals surface area (Å²) in [5.41, 5.74) is 0. The molecule has 212 valence electrons. The maximum atomic E-state index is 13.1. The van der Waals surface area contributed by atoms with Gasteiger partial charge in [-0.05, 0) is 27.2 Å². The number of rotatable bonds is 11. The van der Waals surface area contributed by atoms with E-state index in [4.69, 9.17) is 19.3 Å². The number of ether oxygens (including phenoxy) is 3. The van der Waals surface area contributed by atoms with Gasteiger partial charge in [0, 0.05) is 12.8 Å². The monoisotopic (exact) mass is 536 g/mol. The molecular weight excluding hydrogens is 500 g/mol. The Balaban J connectivity index is 2.17. The van der Waals surface area contributed by atoms with Crippen molar-refractivity contribution < 1.29 is 64.0 Å². The van der Waals surface area contributed by atoms with Crippen LogP contribution in [0.1, 0.15) is 40.0 Å². The smallest absolute Gasteiger partial charge is 0.331 e. The lowest BCUT2D eigenvalue weighted by atomic mass is 10.00. The van der Waals surface area contributed by atoms with E-state index in [1.807, 2.05) is 0 Å². The van der Waals surface area contributed by atoms with Gasteiger partial charge < -0.3 is 55.1 Å². The minimum Gasteiger partial charge on any atom is -0.481 e. The fourth-order valence-electron chi connectivity index (χ4n) is 4.16. The SMILES string of the molecule is CCOC(=O)[C@@H](NC(=O)[C@@H]1[C@@H](O)[C@@H](O)CN1C(=O)CCCC(=O)O)[C@@H](C)O[C@@H]1O[C@@H](C)[C@@H](O)C(O)C1O. The molecule has 7 N–H and O–H groups in total. The first-order valence-electron chi connectivity index (χ1n) is 12.0. The van der Waals surface area contributed by atoms with Gasteiger partial charge in [-0.15, -0.1) is 0 Å². The number of hydrogen-bond donors (Lipinski definition) is 7. The van der Waals surface area contributed by atoms with Gasteiger partial charge in [0.2, 0.25) is 11.8 Å². The Morgan fingerprint density at radius 1 is 1.03 bits per heavy atom. The standard InChI is InChI=1S/C22H36N2O13/c1-4-35-21(34)14(9(2)36-22-19(32)18(31)16(29)10(3)37-22)23-20(33)15-17(30)11(25)8-24(15)12(26)6-5-7-13(27)28/h9-11,14-19,22,25,29-32H,4-8H2,1-3H3,(H,23,33)(H,27,28)/t9-,10+,11+,14+,15+,16-,17+,18?,19?,22-/m1/s1. The third-order valence-electron chi connectivity index (χ3n) is 6.27. The Hall–Kier alpha value is -2.40. The highest BCUT2D eigenvalue weighted by Crippen LogP contribution is 2.24. The molecule has 0 spiro atoms. The van der Waals surface area contributed by atoms with Crippen molar-refractivity contribution in [2.24, 2.45) is 0 Å². The summed E-state index contributed by atoms with van der Waals surface area (Å²) < 4.78 is 15.9. The van der Waals surface area contributed by atoms with Gasteiger partial charge in [0.1, 0.15) is 30.5 Å². The summed E-state index contributed by atoms with van der Waals surface area (Å²) in [4.78, 5) is 50.0. The van der Waals surface area contributed by atoms with Crippen LogP contribution >= 0.6 is 0 Å². The van der Waals surface area contributed by atoms with Gasteiger partial charge >= 0.3 is 11.9 Å². The van der Waals surface area contributed by atoms with Gasteiger partial charge in [0.25, 0.3) is 0 Å². The summed E-state index contributed by atoms with van der Waals surface area (Å²) in [6.45, 7) is 3.84. The zero-order valence-electron chi connectivity index (χ0n) is 20.8. The Morgan fingerprint density at radius 3 is 2.27 bits per heavy atom. The van der Waals surface area contributed by atoms with E-state index < -0.39 is 84.9 Å². The first-order chi connectivity index (χ1) is 17.3. The second kappa shape index (κ2) is 13.4. The van der Waals surface area contributed by atoms with Crippen LogP contribution in [0.15, 0.2) is 0 Å². The van der Waals surface area contributed by atoms with Gasteiger partial charge in [-0.3, -0.25) is 14.4 Å². The number of amides is 2. The minimum atomic E-state index is -1.69. The Labute approximate surface area is 212 Å². The van der Waals surface area contributed by atoms with Crippen LogP contribution in [-0.2, 0) is 33.4 Å². The minimum absolute atomic E-state index is 0.0236. The molecule has 2 fully saturated rings. The Morgan fingerprint density at radius 2 is 1.68 bits per heavy atom. The first-order valence-corrected chi connectivity index (χ1v) is 12.0. The summed E-state index contributed by atoms with van der Waals surface area (Å²) in [7, 11) is 0. The number of nitrogens with one attached hydrogen (secondary N) is 1. The van der Waals surface area contributed by atoms with Crippen molar-refractivity contribution >= 4 is 23.8 Å². The molecule has 2 rings (SSSR count). The van der Waals surface area contributed by atoms with E-state index in [0.717, 1.165) is 4.90 Å². The van der Waals surface area contributed by atoms with Gasteiger partial charge in [-0.2, -0.15) is 0 Å². The number of likely N-dealkylation sites (tertiary alicyclic amines) is 1. The summed E-state index contributed by atoms with van der Waals surface area (Å²) in [5, 5.41) is 61.6. The third kappa shape index (κ3) is 7.56. The molecule has 2 amide bonds. The summed E-state index contributed by atoms with van der Waals surface area (Å²) in [6, 6.07) is -3.12. The van der Waals surface area contributed by atoms with Gasteiger partial charge in [0.05, 0.1) is 31.5 Å². The van der Waals surface area contributed by atoms with E-state index >= 15 is 0 Å². The average Bonchev–Trinajstić information content (AvgIpc) is 3.13. The number of carboxylic acids is 1. The molecule has 0 saturated carbocycles. The van der Waals surface area contributed by atoms with Crippen LogP contribution in [0.5, 0.6) is 0 Å². The molecule has 2 saturated heterocycles. The number of nitrogens with zero attached hydrogens (tertiary/aromatic N) is 1. The number of β-amino-alcohol motifs (C(OH)–C–C–N with tert-alkyl or cyclic N) is 1. The lowest BCUT2D eigenvalue weighted by Crippen LogP contribution is -2.61. The first kappa shape index (κ1) is 30.8. The zero-order valence-corrected chi connectivity index (χ0v) is 20.8. The molecule has 0 aromatic rings. The maximum absolute atomic E-state index is 13.1. The fraction of sp³-hybridized carbons (Fsp3) is 0.818. The number of hydrogen-bond acceptors (Lipinski definition) is 12. The number of aliphatic hydroxyl groups is 5. The van der Waals surface area contributed by atoms with Crippen molar-refractivity contribution in [1.29, 1.82) is 0 Å². The van der Waals surface area contributed by atoms with Crippen molar-refractivity contribution in [1.82, 2.24) is 10.2 Å². The maximum Gasteiger partial charge on any atom is 0.331 e. The fourth-order valence-corrected chi connectivity index (χ4v) is 4.16. The second-order valence-corrected chi connectivity index (χ2v) is 9.06. The quantitative estimate of drug-likeness (QED) is 0.127. The van der Waals surface area contributed by atoms with Gasteiger partial charge in [-0.25, -0.2) is 4.79 Å². The average molecular weight is 537 g/mol. The second-order valence-electron chi connectivity index (χ2n) is 9.06. The number of carbonyl (C=O) groups excluding carboxylic acids is 3. The summed E-state index contributed by atoms with van der Waals surface area (Å²) >= 11 is 0. The molecule has 0 aliphatic carbocycles. The van der Waals surface area contributed by atoms with Crippen LogP contribution in [0.2, 0.25) is 0 Å². The van der Waals surface area contributed by atoms with Gasteiger partial charge in [0.15, 0.2) is 12.3 Å². The molecule has 10 atom stereocenters. The molecule has 0 aromatic carbocycles.